The Labute approximate surface area is 102 Å². The van der Waals surface area contributed by atoms with Gasteiger partial charge in [0.25, 0.3) is 5.91 Å². The lowest BCUT2D eigenvalue weighted by atomic mass is 10.4. The lowest BCUT2D eigenvalue weighted by Gasteiger charge is -2.04. The lowest BCUT2D eigenvalue weighted by Crippen LogP contribution is -2.20. The minimum absolute atomic E-state index is 0.169. The van der Waals surface area contributed by atoms with E-state index in [1.807, 2.05) is 0 Å². The standard InChI is InChI=1S/C10H11N5O3/c1-14-5-3-8(13-14)12-10(18)7-2-4-11-15(7)6-9(16)17/h2-5H,6H2,1H3,(H,16,17)(H,12,13,18). The van der Waals surface area contributed by atoms with Gasteiger partial charge >= 0.3 is 5.97 Å². The summed E-state index contributed by atoms with van der Waals surface area (Å²) in [6.45, 7) is -0.363. The maximum atomic E-state index is 11.9. The Morgan fingerprint density at radius 2 is 2.22 bits per heavy atom. The van der Waals surface area contributed by atoms with Gasteiger partial charge in [-0.3, -0.25) is 14.3 Å². The van der Waals surface area contributed by atoms with E-state index in [0.717, 1.165) is 4.68 Å². The third-order valence-corrected chi connectivity index (χ3v) is 2.19. The number of carboxylic acid groups (broad SMARTS) is 1. The van der Waals surface area contributed by atoms with Crippen LogP contribution in [0.15, 0.2) is 24.5 Å². The van der Waals surface area contributed by atoms with Crippen LogP contribution in [0.25, 0.3) is 0 Å². The second-order valence-electron chi connectivity index (χ2n) is 3.60. The maximum Gasteiger partial charge on any atom is 0.325 e. The van der Waals surface area contributed by atoms with Crippen molar-refractivity contribution in [2.24, 2.45) is 7.05 Å². The molecular formula is C10H11N5O3. The van der Waals surface area contributed by atoms with Gasteiger partial charge in [0.1, 0.15) is 12.2 Å². The molecule has 18 heavy (non-hydrogen) atoms. The largest absolute Gasteiger partial charge is 0.480 e. The Hall–Kier alpha value is -2.64. The van der Waals surface area contributed by atoms with Crippen molar-refractivity contribution in [3.05, 3.63) is 30.2 Å². The van der Waals surface area contributed by atoms with Gasteiger partial charge in [-0.15, -0.1) is 0 Å². The van der Waals surface area contributed by atoms with Crippen LogP contribution in [0.3, 0.4) is 0 Å². The third kappa shape index (κ3) is 2.54. The van der Waals surface area contributed by atoms with Crippen molar-refractivity contribution < 1.29 is 14.7 Å². The first-order valence-electron chi connectivity index (χ1n) is 5.11. The van der Waals surface area contributed by atoms with Crippen molar-refractivity contribution in [1.82, 2.24) is 19.6 Å². The number of rotatable bonds is 4. The molecule has 0 aliphatic rings. The molecule has 0 saturated carbocycles. The van der Waals surface area contributed by atoms with E-state index in [2.05, 4.69) is 15.5 Å². The number of aromatic nitrogens is 4. The lowest BCUT2D eigenvalue weighted by molar-refractivity contribution is -0.137. The molecular weight excluding hydrogens is 238 g/mol. The van der Waals surface area contributed by atoms with Crippen molar-refractivity contribution in [3.63, 3.8) is 0 Å². The Bertz CT molecular complexity index is 586. The Morgan fingerprint density at radius 3 is 2.83 bits per heavy atom. The van der Waals surface area contributed by atoms with Crippen molar-refractivity contribution in [1.29, 1.82) is 0 Å². The van der Waals surface area contributed by atoms with Gasteiger partial charge in [0.2, 0.25) is 0 Å². The van der Waals surface area contributed by atoms with E-state index in [1.54, 1.807) is 24.0 Å². The van der Waals surface area contributed by atoms with Crippen LogP contribution >= 0.6 is 0 Å². The number of aryl methyl sites for hydroxylation is 1. The van der Waals surface area contributed by atoms with Crippen LogP contribution < -0.4 is 5.32 Å². The van der Waals surface area contributed by atoms with Crippen LogP contribution in [-0.4, -0.2) is 36.5 Å². The van der Waals surface area contributed by atoms with Crippen LogP contribution in [0, 0.1) is 0 Å². The highest BCUT2D eigenvalue weighted by atomic mass is 16.4. The number of hydrogen-bond donors (Lipinski definition) is 2. The fourth-order valence-electron chi connectivity index (χ4n) is 1.44. The van der Waals surface area contributed by atoms with Gasteiger partial charge in [-0.1, -0.05) is 0 Å². The molecule has 0 aliphatic heterocycles. The third-order valence-electron chi connectivity index (χ3n) is 2.19. The van der Waals surface area contributed by atoms with Gasteiger partial charge in [-0.05, 0) is 6.07 Å². The first kappa shape index (κ1) is 11.8. The molecule has 8 heteroatoms. The van der Waals surface area contributed by atoms with Crippen LogP contribution in [0.2, 0.25) is 0 Å². The molecule has 0 fully saturated rings. The summed E-state index contributed by atoms with van der Waals surface area (Å²) in [6, 6.07) is 3.08. The molecule has 0 radical (unpaired) electrons. The van der Waals surface area contributed by atoms with Crippen molar-refractivity contribution >= 4 is 17.7 Å². The number of nitrogens with one attached hydrogen (secondary N) is 1. The topological polar surface area (TPSA) is 102 Å². The molecule has 0 unspecified atom stereocenters. The molecule has 0 saturated heterocycles. The van der Waals surface area contributed by atoms with Crippen LogP contribution in [0.4, 0.5) is 5.82 Å². The number of carbonyl (C=O) groups excluding carboxylic acids is 1. The van der Waals surface area contributed by atoms with Crippen LogP contribution in [0.5, 0.6) is 0 Å². The van der Waals surface area contributed by atoms with Gasteiger partial charge in [0.05, 0.1) is 0 Å². The van der Waals surface area contributed by atoms with E-state index in [1.165, 1.54) is 12.3 Å². The zero-order valence-electron chi connectivity index (χ0n) is 9.57. The number of anilines is 1. The Balaban J connectivity index is 2.14. The number of aliphatic carboxylic acids is 1. The summed E-state index contributed by atoms with van der Waals surface area (Å²) < 4.78 is 2.66. The minimum Gasteiger partial charge on any atom is -0.480 e. The second kappa shape index (κ2) is 4.70. The number of carboxylic acids is 1. The molecule has 0 bridgehead atoms. The summed E-state index contributed by atoms with van der Waals surface area (Å²) >= 11 is 0. The summed E-state index contributed by atoms with van der Waals surface area (Å²) in [5.41, 5.74) is 0.169. The zero-order chi connectivity index (χ0) is 13.1. The molecule has 0 aliphatic carbocycles. The van der Waals surface area contributed by atoms with Gasteiger partial charge in [0.15, 0.2) is 5.82 Å². The maximum absolute atomic E-state index is 11.9. The average molecular weight is 249 g/mol. The van der Waals surface area contributed by atoms with E-state index < -0.39 is 11.9 Å². The minimum atomic E-state index is -1.06. The average Bonchev–Trinajstić information content (AvgIpc) is 2.87. The summed E-state index contributed by atoms with van der Waals surface area (Å²) in [5.74, 6) is -1.12. The van der Waals surface area contributed by atoms with E-state index in [9.17, 15) is 9.59 Å². The SMILES string of the molecule is Cn1ccc(NC(=O)c2ccnn2CC(=O)O)n1. The van der Waals surface area contributed by atoms with Gasteiger partial charge < -0.3 is 10.4 Å². The highest BCUT2D eigenvalue weighted by Crippen LogP contribution is 2.06. The van der Waals surface area contributed by atoms with Crippen LogP contribution in [-0.2, 0) is 18.4 Å². The summed E-state index contributed by atoms with van der Waals surface area (Å²) in [4.78, 5) is 22.5. The normalized spacial score (nSPS) is 10.3. The molecule has 1 amide bonds. The van der Waals surface area contributed by atoms with Crippen molar-refractivity contribution in [2.45, 2.75) is 6.54 Å². The first-order chi connectivity index (χ1) is 8.56. The Morgan fingerprint density at radius 1 is 1.44 bits per heavy atom. The fourth-order valence-corrected chi connectivity index (χ4v) is 1.44. The summed E-state index contributed by atoms with van der Waals surface area (Å²) in [6.07, 6.45) is 3.06. The van der Waals surface area contributed by atoms with Crippen LogP contribution in [0.1, 0.15) is 10.5 Å². The van der Waals surface area contributed by atoms with Crippen molar-refractivity contribution in [2.75, 3.05) is 5.32 Å². The molecule has 0 aromatic carbocycles. The van der Waals surface area contributed by atoms with Gasteiger partial charge in [0, 0.05) is 25.5 Å². The number of nitrogens with zero attached hydrogens (tertiary/aromatic N) is 4. The number of carbonyl (C=O) groups is 2. The van der Waals surface area contributed by atoms with Gasteiger partial charge in [-0.25, -0.2) is 4.68 Å². The predicted molar refractivity (Wildman–Crippen MR) is 61.0 cm³/mol. The quantitative estimate of drug-likeness (QED) is 0.791. The molecule has 2 N–H and O–H groups in total. The van der Waals surface area contributed by atoms with Crippen molar-refractivity contribution in [3.8, 4) is 0 Å². The van der Waals surface area contributed by atoms with E-state index >= 15 is 0 Å². The monoisotopic (exact) mass is 249 g/mol. The number of amides is 1. The molecule has 8 nitrogen and oxygen atoms in total. The molecule has 2 heterocycles. The first-order valence-corrected chi connectivity index (χ1v) is 5.11. The molecule has 0 atom stereocenters. The van der Waals surface area contributed by atoms with E-state index in [0.29, 0.717) is 5.82 Å². The smallest absolute Gasteiger partial charge is 0.325 e. The second-order valence-corrected chi connectivity index (χ2v) is 3.60. The van der Waals surface area contributed by atoms with E-state index in [4.69, 9.17) is 5.11 Å². The van der Waals surface area contributed by atoms with E-state index in [-0.39, 0.29) is 12.2 Å². The molecule has 0 spiro atoms. The van der Waals surface area contributed by atoms with Gasteiger partial charge in [-0.2, -0.15) is 10.2 Å². The molecule has 2 aromatic heterocycles. The summed E-state index contributed by atoms with van der Waals surface area (Å²) in [5, 5.41) is 19.0. The summed E-state index contributed by atoms with van der Waals surface area (Å²) in [7, 11) is 1.73. The zero-order valence-corrected chi connectivity index (χ0v) is 9.57. The molecule has 94 valence electrons. The highest BCUT2D eigenvalue weighted by Gasteiger charge is 2.14. The Kier molecular flexibility index (Phi) is 3.09. The molecule has 2 aromatic rings. The number of hydrogen-bond acceptors (Lipinski definition) is 4. The predicted octanol–water partition coefficient (Wildman–Crippen LogP) is -0.0465. The molecule has 2 rings (SSSR count). The highest BCUT2D eigenvalue weighted by molar-refractivity contribution is 6.02. The fraction of sp³-hybridized carbons (Fsp3) is 0.200.